The number of carbonyl (C=O) groups excluding carboxylic acids is 1. The van der Waals surface area contributed by atoms with Gasteiger partial charge in [-0.3, -0.25) is 4.90 Å². The molecule has 0 aromatic heterocycles. The summed E-state index contributed by atoms with van der Waals surface area (Å²) >= 11 is 0. The van der Waals surface area contributed by atoms with Gasteiger partial charge in [0.2, 0.25) is 0 Å². The van der Waals surface area contributed by atoms with Gasteiger partial charge in [-0.25, -0.2) is 9.59 Å². The Morgan fingerprint density at radius 3 is 2.26 bits per heavy atom. The lowest BCUT2D eigenvalue weighted by atomic mass is 9.92. The summed E-state index contributed by atoms with van der Waals surface area (Å²) in [5.74, 6) is -0.516. The SMILES string of the molecule is COCCC1C(=O)OC(CC2c3ccccc3-c3ccccc32)N1C(=O)O. The Hall–Kier alpha value is -2.86. The number of ether oxygens (including phenoxy) is 2. The monoisotopic (exact) mass is 367 g/mol. The van der Waals surface area contributed by atoms with Gasteiger partial charge in [0.05, 0.1) is 0 Å². The number of rotatable bonds is 5. The minimum Gasteiger partial charge on any atom is -0.465 e. The summed E-state index contributed by atoms with van der Waals surface area (Å²) in [7, 11) is 1.52. The Morgan fingerprint density at radius 2 is 1.70 bits per heavy atom. The van der Waals surface area contributed by atoms with Crippen LogP contribution in [-0.2, 0) is 14.3 Å². The molecule has 0 spiro atoms. The van der Waals surface area contributed by atoms with Crippen LogP contribution < -0.4 is 0 Å². The van der Waals surface area contributed by atoms with E-state index >= 15 is 0 Å². The van der Waals surface area contributed by atoms with Crippen LogP contribution in [-0.4, -0.2) is 48.1 Å². The normalized spacial score (nSPS) is 21.1. The van der Waals surface area contributed by atoms with Gasteiger partial charge in [-0.15, -0.1) is 0 Å². The lowest BCUT2D eigenvalue weighted by molar-refractivity contribution is -0.143. The van der Waals surface area contributed by atoms with Gasteiger partial charge in [-0.1, -0.05) is 48.5 Å². The van der Waals surface area contributed by atoms with Crippen molar-refractivity contribution < 1.29 is 24.2 Å². The van der Waals surface area contributed by atoms with Crippen LogP contribution in [0.4, 0.5) is 4.79 Å². The third-order valence-corrected chi connectivity index (χ3v) is 5.39. The second-order valence-corrected chi connectivity index (χ2v) is 6.84. The summed E-state index contributed by atoms with van der Waals surface area (Å²) in [5.41, 5.74) is 4.58. The van der Waals surface area contributed by atoms with Crippen molar-refractivity contribution in [3.63, 3.8) is 0 Å². The van der Waals surface area contributed by atoms with E-state index in [0.29, 0.717) is 13.0 Å². The average Bonchev–Trinajstić information content (AvgIpc) is 3.16. The second kappa shape index (κ2) is 7.04. The van der Waals surface area contributed by atoms with Crippen molar-refractivity contribution >= 4 is 12.1 Å². The summed E-state index contributed by atoms with van der Waals surface area (Å²) in [5, 5.41) is 9.69. The van der Waals surface area contributed by atoms with E-state index in [-0.39, 0.29) is 12.3 Å². The van der Waals surface area contributed by atoms with Crippen molar-refractivity contribution in [2.24, 2.45) is 0 Å². The molecule has 0 saturated carbocycles. The molecule has 1 aliphatic heterocycles. The van der Waals surface area contributed by atoms with Crippen LogP contribution in [0.15, 0.2) is 48.5 Å². The average molecular weight is 367 g/mol. The number of methoxy groups -OCH3 is 1. The van der Waals surface area contributed by atoms with Gasteiger partial charge in [-0.05, 0) is 22.3 Å². The number of fused-ring (bicyclic) bond motifs is 3. The number of hydrogen-bond donors (Lipinski definition) is 1. The fourth-order valence-corrected chi connectivity index (χ4v) is 4.20. The molecule has 1 heterocycles. The van der Waals surface area contributed by atoms with E-state index in [9.17, 15) is 14.7 Å². The van der Waals surface area contributed by atoms with E-state index in [4.69, 9.17) is 9.47 Å². The zero-order valence-corrected chi connectivity index (χ0v) is 15.0. The first-order valence-electron chi connectivity index (χ1n) is 9.00. The molecule has 1 aliphatic carbocycles. The highest BCUT2D eigenvalue weighted by Gasteiger charge is 2.46. The van der Waals surface area contributed by atoms with Gasteiger partial charge in [0, 0.05) is 32.5 Å². The second-order valence-electron chi connectivity index (χ2n) is 6.84. The van der Waals surface area contributed by atoms with E-state index in [2.05, 4.69) is 24.3 Å². The Labute approximate surface area is 157 Å². The molecule has 2 aromatic rings. The molecule has 1 saturated heterocycles. The highest BCUT2D eigenvalue weighted by Crippen LogP contribution is 2.47. The molecule has 0 radical (unpaired) electrons. The molecule has 2 aromatic carbocycles. The van der Waals surface area contributed by atoms with E-state index in [0.717, 1.165) is 27.2 Å². The third kappa shape index (κ3) is 2.96. The van der Waals surface area contributed by atoms with E-state index < -0.39 is 24.3 Å². The maximum absolute atomic E-state index is 12.3. The lowest BCUT2D eigenvalue weighted by Gasteiger charge is -2.25. The number of hydrogen-bond acceptors (Lipinski definition) is 4. The van der Waals surface area contributed by atoms with E-state index in [1.807, 2.05) is 24.3 Å². The smallest absolute Gasteiger partial charge is 0.410 e. The Balaban J connectivity index is 1.65. The summed E-state index contributed by atoms with van der Waals surface area (Å²) < 4.78 is 10.5. The van der Waals surface area contributed by atoms with Crippen LogP contribution in [0.5, 0.6) is 0 Å². The van der Waals surface area contributed by atoms with Crippen LogP contribution in [0.1, 0.15) is 29.9 Å². The zero-order valence-electron chi connectivity index (χ0n) is 15.0. The summed E-state index contributed by atoms with van der Waals surface area (Å²) in [6, 6.07) is 15.4. The number of amides is 1. The van der Waals surface area contributed by atoms with Crippen molar-refractivity contribution in [1.29, 1.82) is 0 Å². The van der Waals surface area contributed by atoms with Crippen molar-refractivity contribution in [2.75, 3.05) is 13.7 Å². The standard InChI is InChI=1S/C21H21NO5/c1-26-11-10-18-20(23)27-19(22(18)21(24)25)12-17-15-8-4-2-6-13(15)14-7-3-5-9-16(14)17/h2-9,17-19H,10-12H2,1H3,(H,24,25). The Kier molecular flexibility index (Phi) is 4.58. The number of carboxylic acid groups (broad SMARTS) is 1. The molecule has 4 rings (SSSR count). The molecule has 1 fully saturated rings. The molecule has 2 aliphatic rings. The van der Waals surface area contributed by atoms with Gasteiger partial charge in [-0.2, -0.15) is 0 Å². The largest absolute Gasteiger partial charge is 0.465 e. The van der Waals surface area contributed by atoms with Gasteiger partial charge >= 0.3 is 12.1 Å². The molecular formula is C21H21NO5. The number of benzene rings is 2. The number of cyclic esters (lactones) is 1. The van der Waals surface area contributed by atoms with Crippen molar-refractivity contribution in [2.45, 2.75) is 31.0 Å². The first kappa shape index (κ1) is 17.5. The topological polar surface area (TPSA) is 76.1 Å². The first-order valence-corrected chi connectivity index (χ1v) is 9.00. The highest BCUT2D eigenvalue weighted by atomic mass is 16.6. The maximum Gasteiger partial charge on any atom is 0.410 e. The molecular weight excluding hydrogens is 346 g/mol. The predicted molar refractivity (Wildman–Crippen MR) is 98.4 cm³/mol. The quantitative estimate of drug-likeness (QED) is 0.819. The van der Waals surface area contributed by atoms with Crippen molar-refractivity contribution in [1.82, 2.24) is 4.90 Å². The molecule has 140 valence electrons. The molecule has 6 heteroatoms. The van der Waals surface area contributed by atoms with Crippen LogP contribution in [0.2, 0.25) is 0 Å². The predicted octanol–water partition coefficient (Wildman–Crippen LogP) is 3.46. The highest BCUT2D eigenvalue weighted by molar-refractivity contribution is 5.84. The lowest BCUT2D eigenvalue weighted by Crippen LogP contribution is -2.42. The van der Waals surface area contributed by atoms with E-state index in [1.165, 1.54) is 7.11 Å². The Bertz CT molecular complexity index is 835. The van der Waals surface area contributed by atoms with Gasteiger partial charge in [0.15, 0.2) is 6.23 Å². The van der Waals surface area contributed by atoms with Gasteiger partial charge in [0.25, 0.3) is 0 Å². The van der Waals surface area contributed by atoms with Crippen LogP contribution in [0.3, 0.4) is 0 Å². The number of carbonyl (C=O) groups is 2. The molecule has 1 amide bonds. The minimum atomic E-state index is -1.15. The van der Waals surface area contributed by atoms with Gasteiger partial charge < -0.3 is 14.6 Å². The molecule has 1 N–H and O–H groups in total. The van der Waals surface area contributed by atoms with Gasteiger partial charge in [0.1, 0.15) is 6.04 Å². The maximum atomic E-state index is 12.3. The summed E-state index contributed by atoms with van der Waals surface area (Å²) in [6.45, 7) is 0.297. The number of nitrogens with zero attached hydrogens (tertiary/aromatic N) is 1. The first-order chi connectivity index (χ1) is 13.1. The molecule has 27 heavy (non-hydrogen) atoms. The fourth-order valence-electron chi connectivity index (χ4n) is 4.20. The molecule has 2 unspecified atom stereocenters. The molecule has 6 nitrogen and oxygen atoms in total. The zero-order chi connectivity index (χ0) is 19.0. The fraction of sp³-hybridized carbons (Fsp3) is 0.333. The number of esters is 1. The molecule has 2 atom stereocenters. The van der Waals surface area contributed by atoms with Crippen LogP contribution in [0, 0.1) is 0 Å². The summed E-state index contributed by atoms with van der Waals surface area (Å²) in [6.07, 6.45) is -1.27. The Morgan fingerprint density at radius 1 is 1.11 bits per heavy atom. The van der Waals surface area contributed by atoms with Crippen LogP contribution in [0.25, 0.3) is 11.1 Å². The van der Waals surface area contributed by atoms with Crippen molar-refractivity contribution in [3.8, 4) is 11.1 Å². The summed E-state index contributed by atoms with van der Waals surface area (Å²) in [4.78, 5) is 25.3. The minimum absolute atomic E-state index is 0.0155. The third-order valence-electron chi connectivity index (χ3n) is 5.39. The van der Waals surface area contributed by atoms with Crippen LogP contribution >= 0.6 is 0 Å². The van der Waals surface area contributed by atoms with E-state index in [1.54, 1.807) is 0 Å². The van der Waals surface area contributed by atoms with Crippen molar-refractivity contribution in [3.05, 3.63) is 59.7 Å². The molecule has 0 bridgehead atoms.